The fraction of sp³-hybridized carbons (Fsp3) is 0.143. The van der Waals surface area contributed by atoms with Gasteiger partial charge in [-0.2, -0.15) is 0 Å². The monoisotopic (exact) mass is 228 g/mol. The molecule has 0 aliphatic carbocycles. The number of rotatable bonds is 2. The number of carbonyl (C=O) groups excluding carboxylic acids is 2. The van der Waals surface area contributed by atoms with Crippen LogP contribution in [0.15, 0.2) is 36.4 Å². The Morgan fingerprint density at radius 3 is 2.41 bits per heavy atom. The predicted molar refractivity (Wildman–Crippen MR) is 65.3 cm³/mol. The maximum Gasteiger partial charge on any atom is 0.339 e. The number of esters is 1. The lowest BCUT2D eigenvalue weighted by Crippen LogP contribution is -2.09. The van der Waals surface area contributed by atoms with Crippen LogP contribution in [-0.2, 0) is 4.74 Å². The molecule has 0 fully saturated rings. The van der Waals surface area contributed by atoms with E-state index in [2.05, 4.69) is 0 Å². The van der Waals surface area contributed by atoms with Crippen LogP contribution in [0.3, 0.4) is 0 Å². The predicted octanol–water partition coefficient (Wildman–Crippen LogP) is 2.83. The van der Waals surface area contributed by atoms with Crippen molar-refractivity contribution in [3.8, 4) is 0 Å². The van der Waals surface area contributed by atoms with Gasteiger partial charge in [-0.1, -0.05) is 30.3 Å². The van der Waals surface area contributed by atoms with E-state index >= 15 is 0 Å². The lowest BCUT2D eigenvalue weighted by atomic mass is 9.97. The fourth-order valence-corrected chi connectivity index (χ4v) is 1.89. The quantitative estimate of drug-likeness (QED) is 0.586. The van der Waals surface area contributed by atoms with Crippen LogP contribution in [0.4, 0.5) is 0 Å². The third-order valence-corrected chi connectivity index (χ3v) is 2.70. The van der Waals surface area contributed by atoms with E-state index in [1.165, 1.54) is 14.0 Å². The number of carbonyl (C=O) groups is 2. The molecule has 0 heterocycles. The Balaban J connectivity index is 2.84. The standard InChI is InChI=1S/C14H12O3/c1-9(15)11-8-7-10-5-3-4-6-12(10)13(11)14(16)17-2/h3-8H,1-2H3. The van der Waals surface area contributed by atoms with Crippen molar-refractivity contribution in [1.29, 1.82) is 0 Å². The van der Waals surface area contributed by atoms with Gasteiger partial charge in [-0.3, -0.25) is 4.79 Å². The molecular weight excluding hydrogens is 216 g/mol. The van der Waals surface area contributed by atoms with E-state index in [9.17, 15) is 9.59 Å². The van der Waals surface area contributed by atoms with Crippen LogP contribution in [0.5, 0.6) is 0 Å². The highest BCUT2D eigenvalue weighted by atomic mass is 16.5. The van der Waals surface area contributed by atoms with E-state index in [0.29, 0.717) is 11.1 Å². The molecule has 86 valence electrons. The summed E-state index contributed by atoms with van der Waals surface area (Å²) in [7, 11) is 1.31. The summed E-state index contributed by atoms with van der Waals surface area (Å²) in [6.45, 7) is 1.44. The number of hydrogen-bond donors (Lipinski definition) is 0. The van der Waals surface area contributed by atoms with Crippen LogP contribution in [0, 0.1) is 0 Å². The maximum absolute atomic E-state index is 11.8. The van der Waals surface area contributed by atoms with E-state index < -0.39 is 5.97 Å². The van der Waals surface area contributed by atoms with E-state index in [4.69, 9.17) is 4.74 Å². The van der Waals surface area contributed by atoms with Crippen LogP contribution < -0.4 is 0 Å². The number of fused-ring (bicyclic) bond motifs is 1. The largest absolute Gasteiger partial charge is 0.465 e. The first kappa shape index (κ1) is 11.3. The summed E-state index contributed by atoms with van der Waals surface area (Å²) in [5, 5.41) is 1.66. The zero-order valence-electron chi connectivity index (χ0n) is 9.69. The van der Waals surface area contributed by atoms with Gasteiger partial charge in [-0.15, -0.1) is 0 Å². The minimum absolute atomic E-state index is 0.142. The Morgan fingerprint density at radius 2 is 1.76 bits per heavy atom. The van der Waals surface area contributed by atoms with Crippen molar-refractivity contribution >= 4 is 22.5 Å². The summed E-state index contributed by atoms with van der Waals surface area (Å²) in [5.74, 6) is -0.622. The van der Waals surface area contributed by atoms with Gasteiger partial charge in [0.25, 0.3) is 0 Å². The number of ether oxygens (including phenoxy) is 1. The molecule has 2 rings (SSSR count). The lowest BCUT2D eigenvalue weighted by molar-refractivity contribution is 0.0599. The summed E-state index contributed by atoms with van der Waals surface area (Å²) < 4.78 is 4.74. The second kappa shape index (κ2) is 4.37. The van der Waals surface area contributed by atoms with Gasteiger partial charge >= 0.3 is 5.97 Å². The van der Waals surface area contributed by atoms with Crippen LogP contribution in [0.25, 0.3) is 10.8 Å². The zero-order valence-corrected chi connectivity index (χ0v) is 9.69. The van der Waals surface area contributed by atoms with Gasteiger partial charge in [0, 0.05) is 5.56 Å². The Labute approximate surface area is 99.0 Å². The molecule has 0 saturated heterocycles. The Morgan fingerprint density at radius 1 is 1.06 bits per heavy atom. The summed E-state index contributed by atoms with van der Waals surface area (Å²) in [4.78, 5) is 23.3. The van der Waals surface area contributed by atoms with Gasteiger partial charge < -0.3 is 4.74 Å². The van der Waals surface area contributed by atoms with Crippen molar-refractivity contribution in [2.75, 3.05) is 7.11 Å². The molecule has 3 nitrogen and oxygen atoms in total. The SMILES string of the molecule is COC(=O)c1c(C(C)=O)ccc2ccccc12. The number of methoxy groups -OCH3 is 1. The molecule has 0 N–H and O–H groups in total. The molecule has 0 aliphatic heterocycles. The van der Waals surface area contributed by atoms with Crippen molar-refractivity contribution in [3.05, 3.63) is 47.5 Å². The summed E-state index contributed by atoms with van der Waals surface area (Å²) in [6.07, 6.45) is 0. The zero-order chi connectivity index (χ0) is 12.4. The average Bonchev–Trinajstić information content (AvgIpc) is 2.36. The van der Waals surface area contributed by atoms with Crippen LogP contribution >= 0.6 is 0 Å². The van der Waals surface area contributed by atoms with E-state index in [-0.39, 0.29) is 5.78 Å². The van der Waals surface area contributed by atoms with Gasteiger partial charge in [-0.05, 0) is 23.8 Å². The minimum atomic E-state index is -0.480. The number of hydrogen-bond acceptors (Lipinski definition) is 3. The van der Waals surface area contributed by atoms with Crippen LogP contribution in [0.1, 0.15) is 27.6 Å². The highest BCUT2D eigenvalue weighted by Gasteiger charge is 2.18. The van der Waals surface area contributed by atoms with Crippen molar-refractivity contribution in [2.24, 2.45) is 0 Å². The molecule has 3 heteroatoms. The first-order valence-corrected chi connectivity index (χ1v) is 5.26. The molecule has 0 aromatic heterocycles. The molecule has 0 saturated carbocycles. The molecule has 0 spiro atoms. The molecule has 0 amide bonds. The van der Waals surface area contributed by atoms with Crippen molar-refractivity contribution in [3.63, 3.8) is 0 Å². The topological polar surface area (TPSA) is 43.4 Å². The van der Waals surface area contributed by atoms with Gasteiger partial charge in [0.15, 0.2) is 5.78 Å². The molecule has 0 bridgehead atoms. The van der Waals surface area contributed by atoms with E-state index in [0.717, 1.165) is 10.8 Å². The van der Waals surface area contributed by atoms with Crippen molar-refractivity contribution in [1.82, 2.24) is 0 Å². The molecule has 0 radical (unpaired) electrons. The Kier molecular flexibility index (Phi) is 2.91. The highest BCUT2D eigenvalue weighted by molar-refractivity contribution is 6.13. The minimum Gasteiger partial charge on any atom is -0.465 e. The Hall–Kier alpha value is -2.16. The van der Waals surface area contributed by atoms with Crippen LogP contribution in [-0.4, -0.2) is 18.9 Å². The molecular formula is C14H12O3. The number of Topliss-reactive ketones (excluding diaryl/α,β-unsaturated/α-hetero) is 1. The third-order valence-electron chi connectivity index (χ3n) is 2.70. The second-order valence-corrected chi connectivity index (χ2v) is 3.76. The second-order valence-electron chi connectivity index (χ2n) is 3.76. The Bertz CT molecular complexity index is 599. The molecule has 2 aromatic carbocycles. The smallest absolute Gasteiger partial charge is 0.339 e. The maximum atomic E-state index is 11.8. The number of ketones is 1. The first-order chi connectivity index (χ1) is 8.15. The van der Waals surface area contributed by atoms with Crippen molar-refractivity contribution < 1.29 is 14.3 Å². The van der Waals surface area contributed by atoms with Crippen LogP contribution in [0.2, 0.25) is 0 Å². The van der Waals surface area contributed by atoms with Gasteiger partial charge in [-0.25, -0.2) is 4.79 Å². The molecule has 2 aromatic rings. The summed E-state index contributed by atoms with van der Waals surface area (Å²) in [5.41, 5.74) is 0.744. The normalized spacial score (nSPS) is 10.2. The van der Waals surface area contributed by atoms with Gasteiger partial charge in [0.1, 0.15) is 0 Å². The summed E-state index contributed by atoms with van der Waals surface area (Å²) >= 11 is 0. The van der Waals surface area contributed by atoms with E-state index in [1.54, 1.807) is 6.07 Å². The lowest BCUT2D eigenvalue weighted by Gasteiger charge is -2.08. The summed E-state index contributed by atoms with van der Waals surface area (Å²) in [6, 6.07) is 10.9. The van der Waals surface area contributed by atoms with Gasteiger partial charge in [0.05, 0.1) is 12.7 Å². The number of benzene rings is 2. The van der Waals surface area contributed by atoms with E-state index in [1.807, 2.05) is 30.3 Å². The molecule has 0 aliphatic rings. The molecule has 0 atom stereocenters. The highest BCUT2D eigenvalue weighted by Crippen LogP contribution is 2.23. The third kappa shape index (κ3) is 1.91. The molecule has 17 heavy (non-hydrogen) atoms. The molecule has 0 unspecified atom stereocenters. The van der Waals surface area contributed by atoms with Crippen molar-refractivity contribution in [2.45, 2.75) is 6.92 Å². The fourth-order valence-electron chi connectivity index (χ4n) is 1.89. The van der Waals surface area contributed by atoms with Gasteiger partial charge in [0.2, 0.25) is 0 Å². The first-order valence-electron chi connectivity index (χ1n) is 5.26. The average molecular weight is 228 g/mol.